The quantitative estimate of drug-likeness (QED) is 0.933. The van der Waals surface area contributed by atoms with Gasteiger partial charge in [0.05, 0.1) is 5.56 Å². The summed E-state index contributed by atoms with van der Waals surface area (Å²) in [5.74, 6) is -0.127. The third-order valence-corrected chi connectivity index (χ3v) is 4.13. The van der Waals surface area contributed by atoms with E-state index in [1.807, 2.05) is 0 Å². The lowest BCUT2D eigenvalue weighted by Gasteiger charge is -2.09. The largest absolute Gasteiger partial charge is 0.264 e. The average molecular weight is 329 g/mol. The maximum absolute atomic E-state index is 12.2. The number of nitriles is 1. The van der Waals surface area contributed by atoms with E-state index in [0.717, 1.165) is 0 Å². The maximum atomic E-state index is 12.2. The normalized spacial score (nSPS) is 10.8. The second-order valence-electron chi connectivity index (χ2n) is 3.55. The monoisotopic (exact) mass is 328 g/mol. The minimum Gasteiger partial charge on any atom is -0.261 e. The SMILES string of the molecule is N#Cc1ccc(Cl)cc1S(=O)(=O)Nc1nccnc1Cl. The number of nitrogens with zero attached hydrogens (tertiary/aromatic N) is 3. The lowest BCUT2D eigenvalue weighted by Crippen LogP contribution is -2.16. The van der Waals surface area contributed by atoms with Crippen molar-refractivity contribution in [2.24, 2.45) is 0 Å². The van der Waals surface area contributed by atoms with Crippen molar-refractivity contribution in [1.29, 1.82) is 5.26 Å². The molecule has 0 amide bonds. The number of aromatic nitrogens is 2. The Morgan fingerprint density at radius 3 is 2.55 bits per heavy atom. The minimum atomic E-state index is -4.04. The summed E-state index contributed by atoms with van der Waals surface area (Å²) in [6.45, 7) is 0. The molecule has 9 heteroatoms. The van der Waals surface area contributed by atoms with E-state index in [0.29, 0.717) is 0 Å². The van der Waals surface area contributed by atoms with Crippen LogP contribution in [-0.2, 0) is 10.0 Å². The Bertz CT molecular complexity index is 802. The number of nitrogens with one attached hydrogen (secondary N) is 1. The van der Waals surface area contributed by atoms with Crippen LogP contribution in [0.15, 0.2) is 35.5 Å². The molecule has 1 aromatic heterocycles. The van der Waals surface area contributed by atoms with Gasteiger partial charge < -0.3 is 0 Å². The zero-order valence-electron chi connectivity index (χ0n) is 9.71. The van der Waals surface area contributed by atoms with Crippen LogP contribution >= 0.6 is 23.2 Å². The topological polar surface area (TPSA) is 95.7 Å². The van der Waals surface area contributed by atoms with Crippen LogP contribution in [0.2, 0.25) is 10.2 Å². The van der Waals surface area contributed by atoms with Crippen LogP contribution in [0, 0.1) is 11.3 Å². The fourth-order valence-electron chi connectivity index (χ4n) is 1.38. The highest BCUT2D eigenvalue weighted by Gasteiger charge is 2.21. The van der Waals surface area contributed by atoms with Gasteiger partial charge in [0.1, 0.15) is 11.0 Å². The fraction of sp³-hybridized carbons (Fsp3) is 0. The highest BCUT2D eigenvalue weighted by Crippen LogP contribution is 2.24. The van der Waals surface area contributed by atoms with Gasteiger partial charge in [-0.3, -0.25) is 4.72 Å². The number of halogens is 2. The van der Waals surface area contributed by atoms with Gasteiger partial charge in [-0.1, -0.05) is 23.2 Å². The highest BCUT2D eigenvalue weighted by molar-refractivity contribution is 7.92. The molecule has 0 fully saturated rings. The van der Waals surface area contributed by atoms with Crippen molar-refractivity contribution in [1.82, 2.24) is 9.97 Å². The summed E-state index contributed by atoms with van der Waals surface area (Å²) in [7, 11) is -4.04. The van der Waals surface area contributed by atoms with E-state index in [4.69, 9.17) is 28.5 Å². The van der Waals surface area contributed by atoms with Gasteiger partial charge in [-0.05, 0) is 18.2 Å². The van der Waals surface area contributed by atoms with E-state index in [1.54, 1.807) is 6.07 Å². The molecule has 0 atom stereocenters. The maximum Gasteiger partial charge on any atom is 0.264 e. The molecule has 0 saturated heterocycles. The molecule has 0 bridgehead atoms. The van der Waals surface area contributed by atoms with E-state index in [2.05, 4.69) is 14.7 Å². The van der Waals surface area contributed by atoms with Gasteiger partial charge >= 0.3 is 0 Å². The number of hydrogen-bond acceptors (Lipinski definition) is 5. The van der Waals surface area contributed by atoms with Crippen molar-refractivity contribution in [3.05, 3.63) is 46.3 Å². The van der Waals surface area contributed by atoms with E-state index in [9.17, 15) is 8.42 Å². The number of anilines is 1. The zero-order chi connectivity index (χ0) is 14.8. The number of sulfonamides is 1. The number of benzene rings is 1. The first kappa shape index (κ1) is 14.5. The number of hydrogen-bond donors (Lipinski definition) is 1. The lowest BCUT2D eigenvalue weighted by atomic mass is 10.2. The van der Waals surface area contributed by atoms with Crippen molar-refractivity contribution in [2.75, 3.05) is 4.72 Å². The second kappa shape index (κ2) is 5.63. The van der Waals surface area contributed by atoms with Crippen LogP contribution in [0.5, 0.6) is 0 Å². The van der Waals surface area contributed by atoms with Crippen LogP contribution in [0.1, 0.15) is 5.56 Å². The van der Waals surface area contributed by atoms with E-state index in [1.165, 1.54) is 30.6 Å². The van der Waals surface area contributed by atoms with E-state index < -0.39 is 10.0 Å². The molecule has 6 nitrogen and oxygen atoms in total. The first-order chi connectivity index (χ1) is 9.44. The molecule has 1 N–H and O–H groups in total. The van der Waals surface area contributed by atoms with Crippen LogP contribution in [-0.4, -0.2) is 18.4 Å². The van der Waals surface area contributed by atoms with Crippen LogP contribution in [0.4, 0.5) is 5.82 Å². The first-order valence-electron chi connectivity index (χ1n) is 5.13. The van der Waals surface area contributed by atoms with Gasteiger partial charge in [-0.25, -0.2) is 18.4 Å². The average Bonchev–Trinajstić information content (AvgIpc) is 2.41. The molecule has 2 rings (SSSR count). The van der Waals surface area contributed by atoms with Gasteiger partial charge in [0.2, 0.25) is 0 Å². The Morgan fingerprint density at radius 1 is 1.20 bits per heavy atom. The van der Waals surface area contributed by atoms with Crippen LogP contribution in [0.3, 0.4) is 0 Å². The molecule has 102 valence electrons. The lowest BCUT2D eigenvalue weighted by molar-refractivity contribution is 0.600. The fourth-order valence-corrected chi connectivity index (χ4v) is 3.03. The Labute approximate surface area is 125 Å². The summed E-state index contributed by atoms with van der Waals surface area (Å²) in [5.41, 5.74) is -0.0399. The number of rotatable bonds is 3. The van der Waals surface area contributed by atoms with Gasteiger partial charge in [0.25, 0.3) is 10.0 Å². The smallest absolute Gasteiger partial charge is 0.261 e. The standard InChI is InChI=1S/C11H6Cl2N4O2S/c12-8-2-1-7(6-14)9(5-8)20(18,19)17-11-10(13)15-3-4-16-11/h1-5H,(H,16,17). The van der Waals surface area contributed by atoms with Crippen LogP contribution < -0.4 is 4.72 Å². The van der Waals surface area contributed by atoms with Crippen molar-refractivity contribution in [3.8, 4) is 6.07 Å². The molecule has 20 heavy (non-hydrogen) atoms. The van der Waals surface area contributed by atoms with Crippen molar-refractivity contribution >= 4 is 39.0 Å². The Kier molecular flexibility index (Phi) is 4.09. The van der Waals surface area contributed by atoms with Crippen molar-refractivity contribution < 1.29 is 8.42 Å². The van der Waals surface area contributed by atoms with Crippen LogP contribution in [0.25, 0.3) is 0 Å². The first-order valence-corrected chi connectivity index (χ1v) is 7.37. The summed E-state index contributed by atoms with van der Waals surface area (Å²) in [6, 6.07) is 5.70. The molecule has 0 aliphatic carbocycles. The molecular weight excluding hydrogens is 323 g/mol. The molecule has 0 aliphatic rings. The molecule has 0 radical (unpaired) electrons. The summed E-state index contributed by atoms with van der Waals surface area (Å²) < 4.78 is 26.6. The molecule has 0 aliphatic heterocycles. The Hall–Kier alpha value is -1.88. The van der Waals surface area contributed by atoms with Gasteiger partial charge in [-0.15, -0.1) is 0 Å². The van der Waals surface area contributed by atoms with Crippen molar-refractivity contribution in [3.63, 3.8) is 0 Å². The molecule has 0 spiro atoms. The third kappa shape index (κ3) is 2.99. The predicted molar refractivity (Wildman–Crippen MR) is 74.0 cm³/mol. The van der Waals surface area contributed by atoms with E-state index in [-0.39, 0.29) is 26.5 Å². The second-order valence-corrected chi connectivity index (χ2v) is 6.00. The zero-order valence-corrected chi connectivity index (χ0v) is 12.0. The summed E-state index contributed by atoms with van der Waals surface area (Å²) in [6.07, 6.45) is 2.60. The summed E-state index contributed by atoms with van der Waals surface area (Å²) in [4.78, 5) is 7.21. The Morgan fingerprint density at radius 2 is 1.90 bits per heavy atom. The molecule has 0 unspecified atom stereocenters. The molecule has 0 saturated carbocycles. The third-order valence-electron chi connectivity index (χ3n) is 2.24. The predicted octanol–water partition coefficient (Wildman–Crippen LogP) is 2.46. The van der Waals surface area contributed by atoms with E-state index >= 15 is 0 Å². The van der Waals surface area contributed by atoms with Gasteiger partial charge in [0.15, 0.2) is 11.0 Å². The molecular formula is C11H6Cl2N4O2S. The summed E-state index contributed by atoms with van der Waals surface area (Å²) in [5, 5.41) is 9.04. The highest BCUT2D eigenvalue weighted by atomic mass is 35.5. The molecule has 1 aromatic carbocycles. The Balaban J connectivity index is 2.49. The molecule has 2 aromatic rings. The van der Waals surface area contributed by atoms with Crippen molar-refractivity contribution in [2.45, 2.75) is 4.90 Å². The molecule has 1 heterocycles. The minimum absolute atomic E-state index is 0.0399. The van der Waals surface area contributed by atoms with Gasteiger partial charge in [0, 0.05) is 17.4 Å². The summed E-state index contributed by atoms with van der Waals surface area (Å²) >= 11 is 11.5. The van der Waals surface area contributed by atoms with Gasteiger partial charge in [-0.2, -0.15) is 5.26 Å².